The van der Waals surface area contributed by atoms with E-state index in [1.54, 1.807) is 27.8 Å². The molecule has 0 atom stereocenters. The van der Waals surface area contributed by atoms with Crippen molar-refractivity contribution in [1.29, 1.82) is 0 Å². The summed E-state index contributed by atoms with van der Waals surface area (Å²) >= 11 is 17.0. The van der Waals surface area contributed by atoms with Gasteiger partial charge >= 0.3 is 0 Å². The van der Waals surface area contributed by atoms with Crippen LogP contribution in [0.4, 0.5) is 0 Å². The van der Waals surface area contributed by atoms with Gasteiger partial charge in [-0.1, -0.05) is 59.1 Å². The maximum absolute atomic E-state index is 6.29. The van der Waals surface area contributed by atoms with Crippen LogP contribution in [-0.2, 0) is 6.54 Å². The van der Waals surface area contributed by atoms with Crippen LogP contribution in [0.1, 0.15) is 11.1 Å². The van der Waals surface area contributed by atoms with E-state index in [0.29, 0.717) is 38.7 Å². The second kappa shape index (κ2) is 7.34. The highest BCUT2D eigenvalue weighted by Crippen LogP contribution is 2.32. The van der Waals surface area contributed by atoms with E-state index in [1.165, 1.54) is 5.56 Å². The topological polar surface area (TPSA) is 61.4 Å². The van der Waals surface area contributed by atoms with E-state index in [9.17, 15) is 0 Å². The molecular formula is C18H14Cl2N6S. The number of hydrogen-bond acceptors (Lipinski definition) is 5. The van der Waals surface area contributed by atoms with E-state index in [1.807, 2.05) is 31.2 Å². The van der Waals surface area contributed by atoms with E-state index in [-0.39, 0.29) is 0 Å². The largest absolute Gasteiger partial charge is 0.225 e. The van der Waals surface area contributed by atoms with Crippen molar-refractivity contribution in [2.75, 3.05) is 0 Å². The monoisotopic (exact) mass is 416 g/mol. The summed E-state index contributed by atoms with van der Waals surface area (Å²) in [5, 5.41) is 18.5. The smallest absolute Gasteiger partial charge is 0.209 e. The zero-order chi connectivity index (χ0) is 19.0. The van der Waals surface area contributed by atoms with E-state index in [2.05, 4.69) is 39.2 Å². The average molecular weight is 417 g/mol. The van der Waals surface area contributed by atoms with Gasteiger partial charge in [-0.25, -0.2) is 4.68 Å². The number of nitrogens with zero attached hydrogens (tertiary/aromatic N) is 6. The molecule has 4 rings (SSSR count). The minimum absolute atomic E-state index is 0.403. The molecule has 0 bridgehead atoms. The third-order valence-electron chi connectivity index (χ3n) is 4.00. The first kappa shape index (κ1) is 18.0. The van der Waals surface area contributed by atoms with Gasteiger partial charge in [0.2, 0.25) is 5.82 Å². The van der Waals surface area contributed by atoms with Crippen LogP contribution < -0.4 is 0 Å². The van der Waals surface area contributed by atoms with Crippen molar-refractivity contribution in [1.82, 2.24) is 30.0 Å². The van der Waals surface area contributed by atoms with Crippen molar-refractivity contribution >= 4 is 35.8 Å². The second-order valence-corrected chi connectivity index (χ2v) is 7.21. The highest BCUT2D eigenvalue weighted by Gasteiger charge is 2.17. The lowest BCUT2D eigenvalue weighted by Gasteiger charge is -2.07. The highest BCUT2D eigenvalue weighted by atomic mass is 35.5. The summed E-state index contributed by atoms with van der Waals surface area (Å²) < 4.78 is 1.59. The molecule has 0 saturated carbocycles. The maximum atomic E-state index is 6.29. The number of thiol groups is 1. The SMILES string of the molecule is Cc1cccc(Cn2nnc(-c3cnn(-c4cccc(Cl)c4Cl)c3S)n2)c1. The summed E-state index contributed by atoms with van der Waals surface area (Å²) in [6, 6.07) is 13.5. The van der Waals surface area contributed by atoms with Gasteiger partial charge in [0.1, 0.15) is 5.03 Å². The Morgan fingerprint density at radius 3 is 2.74 bits per heavy atom. The first-order chi connectivity index (χ1) is 13.0. The van der Waals surface area contributed by atoms with Crippen molar-refractivity contribution in [3.8, 4) is 17.1 Å². The van der Waals surface area contributed by atoms with Crippen molar-refractivity contribution in [2.45, 2.75) is 18.5 Å². The molecule has 0 unspecified atom stereocenters. The number of rotatable bonds is 4. The van der Waals surface area contributed by atoms with Crippen LogP contribution in [0.15, 0.2) is 53.7 Å². The van der Waals surface area contributed by atoms with Gasteiger partial charge in [0, 0.05) is 0 Å². The van der Waals surface area contributed by atoms with Crippen LogP contribution in [-0.4, -0.2) is 30.0 Å². The molecule has 0 aliphatic carbocycles. The molecule has 136 valence electrons. The molecular weight excluding hydrogens is 403 g/mol. The summed E-state index contributed by atoms with van der Waals surface area (Å²) in [6.45, 7) is 2.58. The van der Waals surface area contributed by atoms with Gasteiger partial charge < -0.3 is 0 Å². The molecule has 0 aliphatic heterocycles. The molecule has 0 N–H and O–H groups in total. The minimum atomic E-state index is 0.403. The third-order valence-corrected chi connectivity index (χ3v) is 5.24. The fourth-order valence-electron chi connectivity index (χ4n) is 2.72. The Balaban J connectivity index is 1.65. The zero-order valence-electron chi connectivity index (χ0n) is 14.2. The summed E-state index contributed by atoms with van der Waals surface area (Å²) in [4.78, 5) is 1.54. The molecule has 27 heavy (non-hydrogen) atoms. The molecule has 2 heterocycles. The standard InChI is InChI=1S/C18H14Cl2N6S/c1-11-4-2-5-12(8-11)10-25-23-17(22-24-25)13-9-21-26(18(13)27)15-7-3-6-14(19)16(15)20/h2-9,27H,10H2,1H3. The molecule has 0 spiro atoms. The zero-order valence-corrected chi connectivity index (χ0v) is 16.6. The molecule has 6 nitrogen and oxygen atoms in total. The Kier molecular flexibility index (Phi) is 4.90. The van der Waals surface area contributed by atoms with E-state index in [4.69, 9.17) is 23.2 Å². The number of tetrazole rings is 1. The molecule has 0 fully saturated rings. The Hall–Kier alpha value is -2.35. The predicted octanol–water partition coefficient (Wildman–Crippen LogP) is 4.48. The van der Waals surface area contributed by atoms with Gasteiger partial charge in [-0.3, -0.25) is 0 Å². The first-order valence-corrected chi connectivity index (χ1v) is 9.28. The average Bonchev–Trinajstić information content (AvgIpc) is 3.24. The Morgan fingerprint density at radius 1 is 1.11 bits per heavy atom. The van der Waals surface area contributed by atoms with Crippen molar-refractivity contribution in [3.63, 3.8) is 0 Å². The van der Waals surface area contributed by atoms with Crippen molar-refractivity contribution in [3.05, 3.63) is 69.8 Å². The number of aromatic nitrogens is 6. The Morgan fingerprint density at radius 2 is 1.93 bits per heavy atom. The number of benzene rings is 2. The molecule has 0 saturated heterocycles. The predicted molar refractivity (Wildman–Crippen MR) is 108 cm³/mol. The van der Waals surface area contributed by atoms with Gasteiger partial charge in [0.05, 0.1) is 34.0 Å². The van der Waals surface area contributed by atoms with Crippen LogP contribution in [0.25, 0.3) is 17.1 Å². The van der Waals surface area contributed by atoms with E-state index >= 15 is 0 Å². The van der Waals surface area contributed by atoms with Gasteiger partial charge in [0.15, 0.2) is 0 Å². The van der Waals surface area contributed by atoms with Gasteiger partial charge in [-0.05, 0) is 29.8 Å². The summed E-state index contributed by atoms with van der Waals surface area (Å²) in [5.74, 6) is 0.442. The molecule has 0 radical (unpaired) electrons. The lowest BCUT2D eigenvalue weighted by Crippen LogP contribution is -2.04. The van der Waals surface area contributed by atoms with Crippen molar-refractivity contribution in [2.24, 2.45) is 0 Å². The second-order valence-electron chi connectivity index (χ2n) is 6.00. The van der Waals surface area contributed by atoms with E-state index in [0.717, 1.165) is 5.56 Å². The normalized spacial score (nSPS) is 11.1. The molecule has 4 aromatic rings. The summed E-state index contributed by atoms with van der Waals surface area (Å²) in [6.07, 6.45) is 1.63. The van der Waals surface area contributed by atoms with E-state index < -0.39 is 0 Å². The lowest BCUT2D eigenvalue weighted by molar-refractivity contribution is 0.572. The number of halogens is 2. The quantitative estimate of drug-likeness (QED) is 0.498. The fourth-order valence-corrected chi connectivity index (χ4v) is 3.42. The van der Waals surface area contributed by atoms with Crippen molar-refractivity contribution < 1.29 is 0 Å². The maximum Gasteiger partial charge on any atom is 0.209 e. The Bertz CT molecular complexity index is 1120. The summed E-state index contributed by atoms with van der Waals surface area (Å²) in [5.41, 5.74) is 3.58. The molecule has 9 heteroatoms. The van der Waals surface area contributed by atoms with Gasteiger partial charge in [-0.2, -0.15) is 9.90 Å². The van der Waals surface area contributed by atoms with Crippen LogP contribution in [0.3, 0.4) is 0 Å². The van der Waals surface area contributed by atoms with Crippen LogP contribution in [0, 0.1) is 6.92 Å². The summed E-state index contributed by atoms with van der Waals surface area (Å²) in [7, 11) is 0. The highest BCUT2D eigenvalue weighted by molar-refractivity contribution is 7.80. The third kappa shape index (κ3) is 3.58. The molecule has 2 aromatic carbocycles. The van der Waals surface area contributed by atoms with Crippen LogP contribution >= 0.6 is 35.8 Å². The molecule has 0 aliphatic rings. The lowest BCUT2D eigenvalue weighted by atomic mass is 10.1. The number of aryl methyl sites for hydroxylation is 1. The molecule has 0 amide bonds. The Labute approximate surface area is 171 Å². The van der Waals surface area contributed by atoms with Gasteiger partial charge in [0.25, 0.3) is 0 Å². The van der Waals surface area contributed by atoms with Gasteiger partial charge in [-0.15, -0.1) is 22.8 Å². The first-order valence-electron chi connectivity index (χ1n) is 8.08. The molecule has 2 aromatic heterocycles. The fraction of sp³-hybridized carbons (Fsp3) is 0.111. The van der Waals surface area contributed by atoms with Crippen LogP contribution in [0.5, 0.6) is 0 Å². The number of hydrogen-bond donors (Lipinski definition) is 1. The van der Waals surface area contributed by atoms with Crippen LogP contribution in [0.2, 0.25) is 10.0 Å². The minimum Gasteiger partial charge on any atom is -0.225 e.